The van der Waals surface area contributed by atoms with Crippen molar-refractivity contribution >= 4 is 35.7 Å². The molecule has 46 heavy (non-hydrogen) atoms. The van der Waals surface area contributed by atoms with Crippen LogP contribution < -0.4 is 10.1 Å². The van der Waals surface area contributed by atoms with Crippen molar-refractivity contribution in [1.29, 1.82) is 0 Å². The van der Waals surface area contributed by atoms with Crippen LogP contribution in [0.15, 0.2) is 36.4 Å². The monoisotopic (exact) mass is 631 g/mol. The van der Waals surface area contributed by atoms with Crippen molar-refractivity contribution in [2.45, 2.75) is 59.7 Å². The SMILES string of the molecule is CCN1C(=O)c2ccccc2C1=O.Cc1nc2cc(NC=O)nn2c(-c2cc(F)c3c(c2C)CCCO3)c1CC(=O)OC(C)(C)O. The first-order valence-electron chi connectivity index (χ1n) is 14.8. The standard InChI is InChI=1S/C23H25FN4O5.C10H9NO2/c1-12-14-6-5-7-32-22(14)17(24)8-15(12)21-16(9-20(30)33-23(3,4)31)13(2)26-19-10-18(25-11-29)27-28(19)21;1-2-11-9(12)7-5-3-4-6-8(7)10(11)13/h8,10-11,31H,5-7,9H2,1-4H3,(H,25,27,29);3-6H,2H2,1H3. The van der Waals surface area contributed by atoms with Gasteiger partial charge < -0.3 is 19.9 Å². The third-order valence-corrected chi connectivity index (χ3v) is 7.68. The number of hydrogen-bond acceptors (Lipinski definition) is 9. The maximum atomic E-state index is 15.1. The Morgan fingerprint density at radius 2 is 1.83 bits per heavy atom. The van der Waals surface area contributed by atoms with Gasteiger partial charge in [0, 0.05) is 48.8 Å². The van der Waals surface area contributed by atoms with Crippen LogP contribution in [0.25, 0.3) is 16.9 Å². The zero-order valence-corrected chi connectivity index (χ0v) is 26.1. The molecule has 0 saturated heterocycles. The summed E-state index contributed by atoms with van der Waals surface area (Å²) in [5, 5.41) is 16.8. The molecule has 0 unspecified atom stereocenters. The highest BCUT2D eigenvalue weighted by atomic mass is 19.1. The molecule has 3 amide bonds. The van der Waals surface area contributed by atoms with Gasteiger partial charge in [0.25, 0.3) is 11.8 Å². The topological polar surface area (TPSA) is 152 Å². The Kier molecular flexibility index (Phi) is 8.88. The van der Waals surface area contributed by atoms with E-state index in [2.05, 4.69) is 15.4 Å². The quantitative estimate of drug-likeness (QED) is 0.133. The van der Waals surface area contributed by atoms with E-state index >= 15 is 4.39 Å². The molecule has 2 aromatic carbocycles. The molecular weight excluding hydrogens is 597 g/mol. The number of ether oxygens (including phenoxy) is 2. The molecule has 0 saturated carbocycles. The lowest BCUT2D eigenvalue weighted by molar-refractivity contribution is -0.194. The molecule has 13 heteroatoms. The number of imide groups is 1. The molecule has 0 aliphatic carbocycles. The fraction of sp³-hybridized carbons (Fsp3) is 0.333. The van der Waals surface area contributed by atoms with E-state index in [1.54, 1.807) is 44.2 Å². The van der Waals surface area contributed by atoms with Crippen molar-refractivity contribution in [2.75, 3.05) is 18.5 Å². The number of carbonyl (C=O) groups excluding carboxylic acids is 4. The van der Waals surface area contributed by atoms with Gasteiger partial charge in [-0.15, -0.1) is 5.10 Å². The van der Waals surface area contributed by atoms with E-state index in [0.717, 1.165) is 17.5 Å². The summed E-state index contributed by atoms with van der Waals surface area (Å²) in [5.74, 6) is -2.68. The van der Waals surface area contributed by atoms with Gasteiger partial charge in [-0.3, -0.25) is 24.1 Å². The van der Waals surface area contributed by atoms with Crippen LogP contribution in [-0.2, 0) is 27.2 Å². The number of aryl methyl sites for hydroxylation is 1. The highest BCUT2D eigenvalue weighted by molar-refractivity contribution is 6.21. The lowest BCUT2D eigenvalue weighted by atomic mass is 9.91. The molecule has 4 aromatic rings. The summed E-state index contributed by atoms with van der Waals surface area (Å²) in [6.45, 7) is 8.99. The molecule has 2 N–H and O–H groups in total. The van der Waals surface area contributed by atoms with Crippen LogP contribution in [-0.4, -0.2) is 67.7 Å². The van der Waals surface area contributed by atoms with E-state index in [-0.39, 0.29) is 29.8 Å². The summed E-state index contributed by atoms with van der Waals surface area (Å²) in [6, 6.07) is 9.85. The van der Waals surface area contributed by atoms with Crippen LogP contribution in [0.5, 0.6) is 5.75 Å². The minimum absolute atomic E-state index is 0.178. The fourth-order valence-electron chi connectivity index (χ4n) is 5.66. The second-order valence-corrected chi connectivity index (χ2v) is 11.4. The van der Waals surface area contributed by atoms with Crippen LogP contribution in [0, 0.1) is 19.7 Å². The lowest BCUT2D eigenvalue weighted by Crippen LogP contribution is -2.29. The minimum atomic E-state index is -1.65. The number of nitrogens with zero attached hydrogens (tertiary/aromatic N) is 4. The summed E-state index contributed by atoms with van der Waals surface area (Å²) in [7, 11) is 0. The van der Waals surface area contributed by atoms with Crippen molar-refractivity contribution in [3.8, 4) is 17.0 Å². The van der Waals surface area contributed by atoms with Crippen molar-refractivity contribution < 1.29 is 38.1 Å². The third kappa shape index (κ3) is 6.18. The van der Waals surface area contributed by atoms with Gasteiger partial charge in [0.2, 0.25) is 12.2 Å². The number of anilines is 1. The average molecular weight is 632 g/mol. The Morgan fingerprint density at radius 3 is 2.43 bits per heavy atom. The molecule has 0 bridgehead atoms. The number of nitrogens with one attached hydrogen (secondary N) is 1. The maximum absolute atomic E-state index is 15.1. The van der Waals surface area contributed by atoms with Gasteiger partial charge in [-0.05, 0) is 57.4 Å². The number of rotatable bonds is 7. The highest BCUT2D eigenvalue weighted by Crippen LogP contribution is 2.39. The number of carbonyl (C=O) groups is 4. The minimum Gasteiger partial charge on any atom is -0.490 e. The van der Waals surface area contributed by atoms with E-state index in [1.165, 1.54) is 29.3 Å². The molecule has 2 aromatic heterocycles. The second kappa shape index (κ2) is 12.7. The summed E-state index contributed by atoms with van der Waals surface area (Å²) >= 11 is 0. The maximum Gasteiger partial charge on any atom is 0.312 e. The number of aromatic nitrogens is 3. The summed E-state index contributed by atoms with van der Waals surface area (Å²) < 4.78 is 27.2. The zero-order chi connectivity index (χ0) is 33.3. The first-order chi connectivity index (χ1) is 21.8. The number of aliphatic hydroxyl groups is 1. The van der Waals surface area contributed by atoms with Gasteiger partial charge in [0.05, 0.1) is 29.8 Å². The summed E-state index contributed by atoms with van der Waals surface area (Å²) in [5.41, 5.74) is 4.99. The smallest absolute Gasteiger partial charge is 0.312 e. The Balaban J connectivity index is 0.000000266. The van der Waals surface area contributed by atoms with E-state index in [9.17, 15) is 24.3 Å². The Morgan fingerprint density at radius 1 is 1.15 bits per heavy atom. The predicted molar refractivity (Wildman–Crippen MR) is 165 cm³/mol. The van der Waals surface area contributed by atoms with Gasteiger partial charge in [0.15, 0.2) is 23.0 Å². The van der Waals surface area contributed by atoms with Crippen LogP contribution in [0.2, 0.25) is 0 Å². The Hall–Kier alpha value is -5.17. The number of halogens is 1. The predicted octanol–water partition coefficient (Wildman–Crippen LogP) is 4.16. The highest BCUT2D eigenvalue weighted by Gasteiger charge is 2.33. The lowest BCUT2D eigenvalue weighted by Gasteiger charge is -2.24. The van der Waals surface area contributed by atoms with Crippen LogP contribution >= 0.6 is 0 Å². The van der Waals surface area contributed by atoms with E-state index in [0.29, 0.717) is 65.3 Å². The van der Waals surface area contributed by atoms with Crippen molar-refractivity contribution in [1.82, 2.24) is 19.5 Å². The van der Waals surface area contributed by atoms with E-state index in [1.807, 2.05) is 6.92 Å². The molecule has 0 radical (unpaired) electrons. The Labute approximate surface area is 264 Å². The third-order valence-electron chi connectivity index (χ3n) is 7.68. The molecule has 12 nitrogen and oxygen atoms in total. The van der Waals surface area contributed by atoms with Crippen molar-refractivity contribution in [2.24, 2.45) is 0 Å². The number of amides is 3. The van der Waals surface area contributed by atoms with Gasteiger partial charge in [-0.2, -0.15) is 0 Å². The number of esters is 1. The van der Waals surface area contributed by atoms with Gasteiger partial charge in [-0.1, -0.05) is 12.1 Å². The zero-order valence-electron chi connectivity index (χ0n) is 26.1. The van der Waals surface area contributed by atoms with Crippen molar-refractivity contribution in [3.05, 3.63) is 75.7 Å². The molecule has 2 aliphatic heterocycles. The number of fused-ring (bicyclic) bond motifs is 3. The summed E-state index contributed by atoms with van der Waals surface area (Å²) in [4.78, 5) is 52.4. The normalized spacial score (nSPS) is 13.8. The molecule has 0 spiro atoms. The van der Waals surface area contributed by atoms with Gasteiger partial charge in [0.1, 0.15) is 0 Å². The van der Waals surface area contributed by atoms with Gasteiger partial charge >= 0.3 is 5.97 Å². The van der Waals surface area contributed by atoms with E-state index in [4.69, 9.17) is 9.47 Å². The largest absolute Gasteiger partial charge is 0.490 e. The molecule has 4 heterocycles. The first kappa shape index (κ1) is 32.2. The molecule has 240 valence electrons. The number of hydrogen-bond donors (Lipinski definition) is 2. The molecule has 2 aliphatic rings. The first-order valence-corrected chi connectivity index (χ1v) is 14.8. The van der Waals surface area contributed by atoms with Crippen LogP contribution in [0.3, 0.4) is 0 Å². The van der Waals surface area contributed by atoms with E-state index < -0.39 is 17.6 Å². The second-order valence-electron chi connectivity index (χ2n) is 11.4. The molecule has 6 rings (SSSR count). The van der Waals surface area contributed by atoms with Crippen LogP contribution in [0.4, 0.5) is 10.2 Å². The van der Waals surface area contributed by atoms with Crippen molar-refractivity contribution in [3.63, 3.8) is 0 Å². The average Bonchev–Trinajstić information content (AvgIpc) is 3.51. The summed E-state index contributed by atoms with van der Waals surface area (Å²) in [6.07, 6.45) is 1.70. The number of benzene rings is 2. The Bertz CT molecular complexity index is 1840. The molecule has 0 fully saturated rings. The molecular formula is C33H34FN5O7. The van der Waals surface area contributed by atoms with Crippen LogP contribution in [0.1, 0.15) is 70.3 Å². The van der Waals surface area contributed by atoms with Gasteiger partial charge in [-0.25, -0.2) is 13.9 Å². The fourth-order valence-corrected chi connectivity index (χ4v) is 5.66. The molecule has 0 atom stereocenters.